The Morgan fingerprint density at radius 3 is 2.62 bits per heavy atom. The monoisotopic (exact) mass is 291 g/mol. The summed E-state index contributed by atoms with van der Waals surface area (Å²) < 4.78 is 0. The number of nitrogens with two attached hydrogens (primary N) is 1. The molecule has 116 valence electrons. The molecular weight excluding hydrogens is 266 g/mol. The van der Waals surface area contributed by atoms with Gasteiger partial charge in [0.25, 0.3) is 0 Å². The van der Waals surface area contributed by atoms with Gasteiger partial charge in [-0.1, -0.05) is 31.5 Å². The number of nitrogens with one attached hydrogen (secondary N) is 1. The molecule has 5 nitrogen and oxygen atoms in total. The molecule has 0 saturated heterocycles. The summed E-state index contributed by atoms with van der Waals surface area (Å²) >= 11 is 0. The number of carbonyl (C=O) groups is 2. The van der Waals surface area contributed by atoms with E-state index in [-0.39, 0.29) is 17.9 Å². The van der Waals surface area contributed by atoms with Gasteiger partial charge in [-0.25, -0.2) is 0 Å². The van der Waals surface area contributed by atoms with Crippen LogP contribution in [-0.4, -0.2) is 29.8 Å². The molecule has 5 heteroatoms. The average molecular weight is 291 g/mol. The Balaban J connectivity index is 2.70. The first-order valence-electron chi connectivity index (χ1n) is 7.29. The fourth-order valence-electron chi connectivity index (χ4n) is 2.06. The standard InChI is InChI=1S/C16H25N3O2/c1-4-7-14(17)10-16(21)18-15-9-6-5-8-13(15)11-19(3)12(2)20/h5-6,8-9,14H,4,7,10-11,17H2,1-3H3,(H,18,21). The normalized spacial score (nSPS) is 11.8. The number of carbonyl (C=O) groups excluding carboxylic acids is 2. The molecule has 0 spiro atoms. The van der Waals surface area contributed by atoms with Gasteiger partial charge >= 0.3 is 0 Å². The number of nitrogens with zero attached hydrogens (tertiary/aromatic N) is 1. The van der Waals surface area contributed by atoms with Gasteiger partial charge in [0.2, 0.25) is 11.8 Å². The summed E-state index contributed by atoms with van der Waals surface area (Å²) in [6.07, 6.45) is 2.11. The van der Waals surface area contributed by atoms with Gasteiger partial charge in [0, 0.05) is 38.7 Å². The SMILES string of the molecule is CCCC(N)CC(=O)Nc1ccccc1CN(C)C(C)=O. The highest BCUT2D eigenvalue weighted by atomic mass is 16.2. The molecule has 0 aromatic heterocycles. The zero-order valence-corrected chi connectivity index (χ0v) is 13.1. The molecule has 0 saturated carbocycles. The van der Waals surface area contributed by atoms with Crippen LogP contribution in [0.15, 0.2) is 24.3 Å². The van der Waals surface area contributed by atoms with Crippen molar-refractivity contribution in [1.82, 2.24) is 4.90 Å². The van der Waals surface area contributed by atoms with Gasteiger partial charge in [0.15, 0.2) is 0 Å². The van der Waals surface area contributed by atoms with Crippen molar-refractivity contribution in [3.63, 3.8) is 0 Å². The Morgan fingerprint density at radius 2 is 2.00 bits per heavy atom. The van der Waals surface area contributed by atoms with Gasteiger partial charge in [-0.05, 0) is 18.1 Å². The number of anilines is 1. The van der Waals surface area contributed by atoms with Crippen LogP contribution in [0.25, 0.3) is 0 Å². The Labute approximate surface area is 126 Å². The topological polar surface area (TPSA) is 75.4 Å². The summed E-state index contributed by atoms with van der Waals surface area (Å²) in [6.45, 7) is 4.03. The van der Waals surface area contributed by atoms with Gasteiger partial charge in [-0.3, -0.25) is 9.59 Å². The molecule has 1 aromatic rings. The number of hydrogen-bond acceptors (Lipinski definition) is 3. The molecular formula is C16H25N3O2. The number of para-hydroxylation sites is 1. The first-order valence-corrected chi connectivity index (χ1v) is 7.29. The second kappa shape index (κ2) is 8.42. The number of rotatable bonds is 7. The highest BCUT2D eigenvalue weighted by Crippen LogP contribution is 2.17. The largest absolute Gasteiger partial charge is 0.342 e. The third-order valence-corrected chi connectivity index (χ3v) is 3.34. The van der Waals surface area contributed by atoms with E-state index >= 15 is 0 Å². The smallest absolute Gasteiger partial charge is 0.225 e. The third kappa shape index (κ3) is 5.95. The summed E-state index contributed by atoms with van der Waals surface area (Å²) in [5.41, 5.74) is 7.53. The van der Waals surface area contributed by atoms with Crippen LogP contribution in [0.5, 0.6) is 0 Å². The number of benzene rings is 1. The van der Waals surface area contributed by atoms with E-state index < -0.39 is 0 Å². The van der Waals surface area contributed by atoms with Gasteiger partial charge in [0.05, 0.1) is 0 Å². The molecule has 0 radical (unpaired) electrons. The molecule has 1 aromatic carbocycles. The second-order valence-electron chi connectivity index (χ2n) is 5.33. The lowest BCUT2D eigenvalue weighted by atomic mass is 10.1. The van der Waals surface area contributed by atoms with Crippen LogP contribution >= 0.6 is 0 Å². The van der Waals surface area contributed by atoms with Crippen molar-refractivity contribution < 1.29 is 9.59 Å². The maximum Gasteiger partial charge on any atom is 0.225 e. The van der Waals surface area contributed by atoms with Crippen molar-refractivity contribution in [2.45, 2.75) is 45.7 Å². The van der Waals surface area contributed by atoms with E-state index in [1.165, 1.54) is 6.92 Å². The van der Waals surface area contributed by atoms with E-state index in [0.717, 1.165) is 24.1 Å². The highest BCUT2D eigenvalue weighted by molar-refractivity contribution is 5.92. The molecule has 0 bridgehead atoms. The summed E-state index contributed by atoms with van der Waals surface area (Å²) in [4.78, 5) is 24.9. The number of amides is 2. The predicted molar refractivity (Wildman–Crippen MR) is 84.7 cm³/mol. The Hall–Kier alpha value is -1.88. The molecule has 0 aliphatic carbocycles. The fraction of sp³-hybridized carbons (Fsp3) is 0.500. The van der Waals surface area contributed by atoms with Crippen LogP contribution in [0.3, 0.4) is 0 Å². The Kier molecular flexibility index (Phi) is 6.88. The maximum absolute atomic E-state index is 12.0. The van der Waals surface area contributed by atoms with Crippen molar-refractivity contribution in [3.8, 4) is 0 Å². The van der Waals surface area contributed by atoms with Crippen molar-refractivity contribution in [3.05, 3.63) is 29.8 Å². The molecule has 21 heavy (non-hydrogen) atoms. The van der Waals surface area contributed by atoms with Crippen LogP contribution in [0, 0.1) is 0 Å². The van der Waals surface area contributed by atoms with Crippen molar-refractivity contribution in [1.29, 1.82) is 0 Å². The minimum atomic E-state index is -0.109. The van der Waals surface area contributed by atoms with E-state index in [0.29, 0.717) is 13.0 Å². The van der Waals surface area contributed by atoms with Gasteiger partial charge < -0.3 is 16.0 Å². The zero-order valence-electron chi connectivity index (χ0n) is 13.1. The lowest BCUT2D eigenvalue weighted by Crippen LogP contribution is -2.28. The molecule has 1 unspecified atom stereocenters. The lowest BCUT2D eigenvalue weighted by Gasteiger charge is -2.18. The van der Waals surface area contributed by atoms with E-state index in [4.69, 9.17) is 5.73 Å². The molecule has 0 fully saturated rings. The highest BCUT2D eigenvalue weighted by Gasteiger charge is 2.12. The fourth-order valence-corrected chi connectivity index (χ4v) is 2.06. The van der Waals surface area contributed by atoms with Gasteiger partial charge in [0.1, 0.15) is 0 Å². The van der Waals surface area contributed by atoms with Crippen LogP contribution < -0.4 is 11.1 Å². The molecule has 3 N–H and O–H groups in total. The molecule has 0 aliphatic heterocycles. The summed E-state index contributed by atoms with van der Waals surface area (Å²) in [6, 6.07) is 7.39. The Morgan fingerprint density at radius 1 is 1.33 bits per heavy atom. The molecule has 0 heterocycles. The zero-order chi connectivity index (χ0) is 15.8. The Bertz CT molecular complexity index is 488. The first-order chi connectivity index (χ1) is 9.93. The van der Waals surface area contributed by atoms with Crippen LogP contribution in [0.1, 0.15) is 38.7 Å². The minimum absolute atomic E-state index is 0.0129. The van der Waals surface area contributed by atoms with Crippen molar-refractivity contribution in [2.75, 3.05) is 12.4 Å². The summed E-state index contributed by atoms with van der Waals surface area (Å²) in [5, 5.41) is 2.89. The summed E-state index contributed by atoms with van der Waals surface area (Å²) in [5.74, 6) is -0.102. The average Bonchev–Trinajstić information content (AvgIpc) is 2.40. The molecule has 0 aliphatic rings. The van der Waals surface area contributed by atoms with Crippen molar-refractivity contribution in [2.24, 2.45) is 5.73 Å². The van der Waals surface area contributed by atoms with E-state index in [1.807, 2.05) is 31.2 Å². The van der Waals surface area contributed by atoms with E-state index in [9.17, 15) is 9.59 Å². The summed E-state index contributed by atoms with van der Waals surface area (Å²) in [7, 11) is 1.73. The van der Waals surface area contributed by atoms with E-state index in [1.54, 1.807) is 11.9 Å². The molecule has 2 amide bonds. The first kappa shape index (κ1) is 17.2. The van der Waals surface area contributed by atoms with Crippen molar-refractivity contribution >= 4 is 17.5 Å². The minimum Gasteiger partial charge on any atom is -0.342 e. The second-order valence-corrected chi connectivity index (χ2v) is 5.33. The van der Waals surface area contributed by atoms with E-state index in [2.05, 4.69) is 5.32 Å². The maximum atomic E-state index is 12.0. The van der Waals surface area contributed by atoms with Gasteiger partial charge in [-0.15, -0.1) is 0 Å². The third-order valence-electron chi connectivity index (χ3n) is 3.34. The number of hydrogen-bond donors (Lipinski definition) is 2. The van der Waals surface area contributed by atoms with Gasteiger partial charge in [-0.2, -0.15) is 0 Å². The molecule has 1 atom stereocenters. The predicted octanol–water partition coefficient (Wildman–Crippen LogP) is 2.12. The van der Waals surface area contributed by atoms with Crippen LogP contribution in [-0.2, 0) is 16.1 Å². The molecule has 1 rings (SSSR count). The van der Waals surface area contributed by atoms with Crippen LogP contribution in [0.2, 0.25) is 0 Å². The van der Waals surface area contributed by atoms with Crippen LogP contribution in [0.4, 0.5) is 5.69 Å². The lowest BCUT2D eigenvalue weighted by molar-refractivity contribution is -0.128. The quantitative estimate of drug-likeness (QED) is 0.808.